The Labute approximate surface area is 92.0 Å². The lowest BCUT2D eigenvalue weighted by Gasteiger charge is -2.12. The average Bonchev–Trinajstić information content (AvgIpc) is 2.25. The monoisotopic (exact) mass is 206 g/mol. The first-order valence-electron chi connectivity index (χ1n) is 5.10. The second kappa shape index (κ2) is 9.12. The van der Waals surface area contributed by atoms with Crippen molar-refractivity contribution in [3.8, 4) is 24.7 Å². The van der Waals surface area contributed by atoms with Crippen LogP contribution < -0.4 is 10.6 Å². The molecule has 82 valence electrons. The number of unbranched alkanes of at least 4 members (excludes halogenated alkanes) is 2. The smallest absolute Gasteiger partial charge is 0.237 e. The minimum atomic E-state index is -0.204. The fourth-order valence-corrected chi connectivity index (χ4v) is 1.05. The lowest BCUT2D eigenvalue weighted by molar-refractivity contribution is -0.122. The Morgan fingerprint density at radius 1 is 1.33 bits per heavy atom. The Morgan fingerprint density at radius 3 is 2.67 bits per heavy atom. The van der Waals surface area contributed by atoms with Crippen molar-refractivity contribution in [3.05, 3.63) is 0 Å². The average molecular weight is 206 g/mol. The summed E-state index contributed by atoms with van der Waals surface area (Å²) in [5.74, 6) is 4.87. The molecule has 0 bridgehead atoms. The molecule has 0 saturated carbocycles. The van der Waals surface area contributed by atoms with Crippen molar-refractivity contribution < 1.29 is 4.79 Å². The third-order valence-corrected chi connectivity index (χ3v) is 1.96. The summed E-state index contributed by atoms with van der Waals surface area (Å²) in [5.41, 5.74) is 0. The van der Waals surface area contributed by atoms with Crippen LogP contribution in [0.15, 0.2) is 0 Å². The van der Waals surface area contributed by atoms with Crippen LogP contribution in [0.1, 0.15) is 26.2 Å². The Hall–Kier alpha value is -1.45. The van der Waals surface area contributed by atoms with Gasteiger partial charge in [0.1, 0.15) is 0 Å². The van der Waals surface area contributed by atoms with Gasteiger partial charge in [-0.15, -0.1) is 18.8 Å². The van der Waals surface area contributed by atoms with Gasteiger partial charge in [-0.2, -0.15) is 0 Å². The second-order valence-electron chi connectivity index (χ2n) is 3.26. The van der Waals surface area contributed by atoms with Gasteiger partial charge in [0.05, 0.1) is 12.6 Å². The van der Waals surface area contributed by atoms with E-state index in [9.17, 15) is 4.79 Å². The maximum Gasteiger partial charge on any atom is 0.237 e. The van der Waals surface area contributed by atoms with E-state index in [1.165, 1.54) is 0 Å². The molecule has 0 aromatic heterocycles. The zero-order chi connectivity index (χ0) is 11.5. The van der Waals surface area contributed by atoms with E-state index in [0.717, 1.165) is 25.8 Å². The van der Waals surface area contributed by atoms with E-state index < -0.39 is 0 Å². The SMILES string of the molecule is C#CCCCCNC(C)C(=O)NCC#C. The van der Waals surface area contributed by atoms with E-state index in [2.05, 4.69) is 22.5 Å². The maximum absolute atomic E-state index is 11.3. The van der Waals surface area contributed by atoms with Crippen LogP contribution in [-0.2, 0) is 4.79 Å². The van der Waals surface area contributed by atoms with Gasteiger partial charge in [0.2, 0.25) is 5.91 Å². The molecule has 1 amide bonds. The first kappa shape index (κ1) is 13.5. The van der Waals surface area contributed by atoms with Gasteiger partial charge in [0, 0.05) is 6.42 Å². The van der Waals surface area contributed by atoms with Crippen molar-refractivity contribution in [2.75, 3.05) is 13.1 Å². The van der Waals surface area contributed by atoms with Gasteiger partial charge in [-0.05, 0) is 26.3 Å². The summed E-state index contributed by atoms with van der Waals surface area (Å²) in [7, 11) is 0. The van der Waals surface area contributed by atoms with Gasteiger partial charge in [-0.3, -0.25) is 4.79 Å². The van der Waals surface area contributed by atoms with E-state index in [4.69, 9.17) is 12.8 Å². The topological polar surface area (TPSA) is 41.1 Å². The molecule has 0 aliphatic rings. The highest BCUT2D eigenvalue weighted by Gasteiger charge is 2.09. The summed E-state index contributed by atoms with van der Waals surface area (Å²) in [6, 6.07) is -0.204. The Bertz CT molecular complexity index is 260. The van der Waals surface area contributed by atoms with Crippen LogP contribution in [0.5, 0.6) is 0 Å². The molecule has 0 heterocycles. The van der Waals surface area contributed by atoms with Crippen LogP contribution >= 0.6 is 0 Å². The minimum Gasteiger partial charge on any atom is -0.344 e. The summed E-state index contributed by atoms with van der Waals surface area (Å²) in [6.07, 6.45) is 12.9. The fourth-order valence-electron chi connectivity index (χ4n) is 1.05. The van der Waals surface area contributed by atoms with Gasteiger partial charge in [-0.1, -0.05) is 5.92 Å². The van der Waals surface area contributed by atoms with Gasteiger partial charge < -0.3 is 10.6 Å². The molecule has 0 aromatic carbocycles. The Kier molecular flexibility index (Phi) is 8.24. The first-order chi connectivity index (χ1) is 7.22. The van der Waals surface area contributed by atoms with Crippen LogP contribution in [-0.4, -0.2) is 25.0 Å². The number of hydrogen-bond donors (Lipinski definition) is 2. The number of carbonyl (C=O) groups is 1. The van der Waals surface area contributed by atoms with E-state index in [0.29, 0.717) is 0 Å². The van der Waals surface area contributed by atoms with E-state index in [1.54, 1.807) is 0 Å². The third kappa shape index (κ3) is 7.61. The number of amides is 1. The lowest BCUT2D eigenvalue weighted by atomic mass is 10.2. The molecule has 2 N–H and O–H groups in total. The number of terminal acetylenes is 2. The molecule has 3 nitrogen and oxygen atoms in total. The summed E-state index contributed by atoms with van der Waals surface area (Å²) in [4.78, 5) is 11.3. The van der Waals surface area contributed by atoms with Crippen molar-refractivity contribution in [1.29, 1.82) is 0 Å². The van der Waals surface area contributed by atoms with Crippen LogP contribution in [0, 0.1) is 24.7 Å². The summed E-state index contributed by atoms with van der Waals surface area (Å²) in [5, 5.41) is 5.72. The Morgan fingerprint density at radius 2 is 2.07 bits per heavy atom. The van der Waals surface area contributed by atoms with Crippen LogP contribution in [0.25, 0.3) is 0 Å². The molecule has 15 heavy (non-hydrogen) atoms. The lowest BCUT2D eigenvalue weighted by Crippen LogP contribution is -2.42. The minimum absolute atomic E-state index is 0.0649. The van der Waals surface area contributed by atoms with Crippen molar-refractivity contribution in [2.45, 2.75) is 32.2 Å². The summed E-state index contributed by atoms with van der Waals surface area (Å²) in [6.45, 7) is 2.89. The highest BCUT2D eigenvalue weighted by atomic mass is 16.2. The Balaban J connectivity index is 3.48. The highest BCUT2D eigenvalue weighted by Crippen LogP contribution is 1.92. The quantitative estimate of drug-likeness (QED) is 0.471. The summed E-state index contributed by atoms with van der Waals surface area (Å²) >= 11 is 0. The fraction of sp³-hybridized carbons (Fsp3) is 0.583. The molecule has 1 unspecified atom stereocenters. The van der Waals surface area contributed by atoms with Gasteiger partial charge in [0.25, 0.3) is 0 Å². The standard InChI is InChI=1S/C12H18N2O/c1-4-6-7-8-10-13-11(3)12(15)14-9-5-2/h1-2,11,13H,6-10H2,3H3,(H,14,15). The number of rotatable bonds is 7. The van der Waals surface area contributed by atoms with Gasteiger partial charge >= 0.3 is 0 Å². The van der Waals surface area contributed by atoms with Gasteiger partial charge in [0.15, 0.2) is 0 Å². The number of nitrogens with one attached hydrogen (secondary N) is 2. The molecule has 0 radical (unpaired) electrons. The molecule has 0 saturated heterocycles. The van der Waals surface area contributed by atoms with Crippen LogP contribution in [0.3, 0.4) is 0 Å². The van der Waals surface area contributed by atoms with Gasteiger partial charge in [-0.25, -0.2) is 0 Å². The molecule has 0 aliphatic carbocycles. The predicted molar refractivity (Wildman–Crippen MR) is 62.0 cm³/mol. The second-order valence-corrected chi connectivity index (χ2v) is 3.26. The van der Waals surface area contributed by atoms with Crippen molar-refractivity contribution in [1.82, 2.24) is 10.6 Å². The predicted octanol–water partition coefficient (Wildman–Crippen LogP) is 0.517. The molecule has 3 heteroatoms. The molecule has 0 rings (SSSR count). The summed E-state index contributed by atoms with van der Waals surface area (Å²) < 4.78 is 0. The van der Waals surface area contributed by atoms with Crippen molar-refractivity contribution in [2.24, 2.45) is 0 Å². The largest absolute Gasteiger partial charge is 0.344 e. The number of carbonyl (C=O) groups excluding carboxylic acids is 1. The normalized spacial score (nSPS) is 11.1. The molecule has 0 aromatic rings. The van der Waals surface area contributed by atoms with Crippen LogP contribution in [0.4, 0.5) is 0 Å². The highest BCUT2D eigenvalue weighted by molar-refractivity contribution is 5.81. The zero-order valence-electron chi connectivity index (χ0n) is 9.18. The first-order valence-corrected chi connectivity index (χ1v) is 5.10. The van der Waals surface area contributed by atoms with Crippen LogP contribution in [0.2, 0.25) is 0 Å². The van der Waals surface area contributed by atoms with E-state index in [-0.39, 0.29) is 18.5 Å². The molecule has 0 aliphatic heterocycles. The van der Waals surface area contributed by atoms with Crippen molar-refractivity contribution >= 4 is 5.91 Å². The van der Waals surface area contributed by atoms with E-state index >= 15 is 0 Å². The molecule has 1 atom stereocenters. The van der Waals surface area contributed by atoms with Crippen molar-refractivity contribution in [3.63, 3.8) is 0 Å². The maximum atomic E-state index is 11.3. The molecular formula is C12H18N2O. The molecule has 0 spiro atoms. The molecule has 0 fully saturated rings. The van der Waals surface area contributed by atoms with E-state index in [1.807, 2.05) is 6.92 Å². The third-order valence-electron chi connectivity index (χ3n) is 1.96. The zero-order valence-corrected chi connectivity index (χ0v) is 9.18. The number of hydrogen-bond acceptors (Lipinski definition) is 2. The molecular weight excluding hydrogens is 188 g/mol.